The van der Waals surface area contributed by atoms with Crippen LogP contribution in [0.25, 0.3) is 17.1 Å². The topological polar surface area (TPSA) is 82.2 Å². The number of aromatic nitrogens is 3. The standard InChI is InChI=1S/C24H22F2N4O3S/c1-16-20(12-14-32-16)22-28-29-24(30(22)18-5-3-2-4-6-18)34-15-21(31)27-13-11-17-7-9-19(10-8-17)33-23(25)26/h2-10,12,14,23H,11,13,15H2,1H3,(H,27,31). The zero-order chi connectivity index (χ0) is 23.9. The number of halogens is 2. The van der Waals surface area contributed by atoms with Crippen molar-refractivity contribution >= 4 is 17.7 Å². The van der Waals surface area contributed by atoms with E-state index in [0.717, 1.165) is 22.6 Å². The van der Waals surface area contributed by atoms with Gasteiger partial charge < -0.3 is 14.5 Å². The molecule has 4 rings (SSSR count). The van der Waals surface area contributed by atoms with E-state index in [1.54, 1.807) is 18.4 Å². The molecule has 4 aromatic rings. The highest BCUT2D eigenvalue weighted by molar-refractivity contribution is 7.99. The number of thioether (sulfide) groups is 1. The van der Waals surface area contributed by atoms with Gasteiger partial charge in [0.1, 0.15) is 11.5 Å². The van der Waals surface area contributed by atoms with Gasteiger partial charge in [-0.1, -0.05) is 42.1 Å². The molecule has 7 nitrogen and oxygen atoms in total. The first-order valence-corrected chi connectivity index (χ1v) is 11.5. The lowest BCUT2D eigenvalue weighted by molar-refractivity contribution is -0.118. The molecule has 1 amide bonds. The predicted octanol–water partition coefficient (Wildman–Crippen LogP) is 4.89. The molecule has 0 aliphatic rings. The van der Waals surface area contributed by atoms with E-state index in [9.17, 15) is 13.6 Å². The summed E-state index contributed by atoms with van der Waals surface area (Å²) in [5.41, 5.74) is 2.61. The Balaban J connectivity index is 1.36. The van der Waals surface area contributed by atoms with E-state index in [2.05, 4.69) is 20.3 Å². The van der Waals surface area contributed by atoms with Crippen LogP contribution in [0.4, 0.5) is 8.78 Å². The average Bonchev–Trinajstić information content (AvgIpc) is 3.44. The maximum absolute atomic E-state index is 12.4. The molecule has 0 saturated heterocycles. The Hall–Kier alpha value is -3.66. The molecule has 0 unspecified atom stereocenters. The number of amides is 1. The lowest BCUT2D eigenvalue weighted by Gasteiger charge is -2.10. The number of carbonyl (C=O) groups is 1. The van der Waals surface area contributed by atoms with Crippen molar-refractivity contribution in [2.45, 2.75) is 25.1 Å². The Morgan fingerprint density at radius 1 is 1.12 bits per heavy atom. The maximum atomic E-state index is 12.4. The molecule has 0 aliphatic heterocycles. The SMILES string of the molecule is Cc1occc1-c1nnc(SCC(=O)NCCc2ccc(OC(F)F)cc2)n1-c1ccccc1. The number of hydrogen-bond donors (Lipinski definition) is 1. The summed E-state index contributed by atoms with van der Waals surface area (Å²) in [5.74, 6) is 1.49. The summed E-state index contributed by atoms with van der Waals surface area (Å²) >= 11 is 1.29. The molecular formula is C24H22F2N4O3S. The molecule has 2 heterocycles. The predicted molar refractivity (Wildman–Crippen MR) is 124 cm³/mol. The molecule has 0 atom stereocenters. The van der Waals surface area contributed by atoms with Gasteiger partial charge in [-0.05, 0) is 49.2 Å². The molecule has 34 heavy (non-hydrogen) atoms. The summed E-state index contributed by atoms with van der Waals surface area (Å²) in [7, 11) is 0. The molecule has 2 aromatic carbocycles. The van der Waals surface area contributed by atoms with E-state index in [4.69, 9.17) is 4.42 Å². The number of para-hydroxylation sites is 1. The first-order valence-electron chi connectivity index (χ1n) is 10.5. The molecule has 176 valence electrons. The number of carbonyl (C=O) groups excluding carboxylic acids is 1. The van der Waals surface area contributed by atoms with E-state index in [-0.39, 0.29) is 17.4 Å². The van der Waals surface area contributed by atoms with Crippen LogP contribution in [0.1, 0.15) is 11.3 Å². The molecule has 0 radical (unpaired) electrons. The molecule has 0 saturated carbocycles. The Morgan fingerprint density at radius 3 is 2.56 bits per heavy atom. The third-order valence-electron chi connectivity index (χ3n) is 4.96. The molecule has 0 spiro atoms. The van der Waals surface area contributed by atoms with Gasteiger partial charge in [-0.2, -0.15) is 8.78 Å². The van der Waals surface area contributed by atoms with Crippen LogP contribution in [0, 0.1) is 6.92 Å². The normalized spacial score (nSPS) is 11.1. The third-order valence-corrected chi connectivity index (χ3v) is 5.89. The Bertz CT molecular complexity index is 1230. The lowest BCUT2D eigenvalue weighted by Crippen LogP contribution is -2.27. The highest BCUT2D eigenvalue weighted by Crippen LogP contribution is 2.30. The second-order valence-corrected chi connectivity index (χ2v) is 8.22. The minimum atomic E-state index is -2.85. The molecule has 0 fully saturated rings. The number of furan rings is 1. The summed E-state index contributed by atoms with van der Waals surface area (Å²) in [4.78, 5) is 12.4. The van der Waals surface area contributed by atoms with Gasteiger partial charge in [0.2, 0.25) is 5.91 Å². The van der Waals surface area contributed by atoms with Crippen molar-refractivity contribution in [3.63, 3.8) is 0 Å². The van der Waals surface area contributed by atoms with Crippen LogP contribution in [-0.2, 0) is 11.2 Å². The number of nitrogens with zero attached hydrogens (tertiary/aromatic N) is 3. The fourth-order valence-corrected chi connectivity index (χ4v) is 4.11. The van der Waals surface area contributed by atoms with E-state index in [1.165, 1.54) is 23.9 Å². The highest BCUT2D eigenvalue weighted by atomic mass is 32.2. The van der Waals surface area contributed by atoms with Gasteiger partial charge >= 0.3 is 6.61 Å². The van der Waals surface area contributed by atoms with Crippen molar-refractivity contribution in [1.29, 1.82) is 0 Å². The van der Waals surface area contributed by atoms with Crippen LogP contribution in [0.5, 0.6) is 5.75 Å². The Labute approximate surface area is 199 Å². The van der Waals surface area contributed by atoms with Crippen LogP contribution in [-0.4, -0.2) is 39.6 Å². The molecule has 1 N–H and O–H groups in total. The number of aryl methyl sites for hydroxylation is 1. The number of nitrogens with one attached hydrogen (secondary N) is 1. The molecular weight excluding hydrogens is 462 g/mol. The van der Waals surface area contributed by atoms with Gasteiger partial charge in [-0.25, -0.2) is 0 Å². The highest BCUT2D eigenvalue weighted by Gasteiger charge is 2.19. The van der Waals surface area contributed by atoms with E-state index < -0.39 is 6.61 Å². The fraction of sp³-hybridized carbons (Fsp3) is 0.208. The number of ether oxygens (including phenoxy) is 1. The van der Waals surface area contributed by atoms with Crippen molar-refractivity contribution in [3.05, 3.63) is 78.3 Å². The van der Waals surface area contributed by atoms with Crippen molar-refractivity contribution < 1.29 is 22.7 Å². The van der Waals surface area contributed by atoms with Gasteiger partial charge in [0.05, 0.1) is 17.6 Å². The summed E-state index contributed by atoms with van der Waals surface area (Å²) in [6.07, 6.45) is 2.17. The van der Waals surface area contributed by atoms with Crippen LogP contribution >= 0.6 is 11.8 Å². The molecule has 0 bridgehead atoms. The summed E-state index contributed by atoms with van der Waals surface area (Å²) in [5, 5.41) is 12.1. The van der Waals surface area contributed by atoms with Crippen LogP contribution in [0.3, 0.4) is 0 Å². The smallest absolute Gasteiger partial charge is 0.387 e. The second-order valence-electron chi connectivity index (χ2n) is 7.28. The van der Waals surface area contributed by atoms with E-state index in [1.807, 2.05) is 47.9 Å². The zero-order valence-electron chi connectivity index (χ0n) is 18.3. The fourth-order valence-electron chi connectivity index (χ4n) is 3.33. The van der Waals surface area contributed by atoms with Gasteiger partial charge in [-0.3, -0.25) is 9.36 Å². The quantitative estimate of drug-likeness (QED) is 0.323. The van der Waals surface area contributed by atoms with Gasteiger partial charge in [0.15, 0.2) is 11.0 Å². The van der Waals surface area contributed by atoms with Crippen LogP contribution in [0.15, 0.2) is 76.5 Å². The number of benzene rings is 2. The number of hydrogen-bond acceptors (Lipinski definition) is 6. The number of alkyl halides is 2. The molecule has 0 aliphatic carbocycles. The first kappa shape index (κ1) is 23.5. The molecule has 2 aromatic heterocycles. The minimum Gasteiger partial charge on any atom is -0.469 e. The van der Waals surface area contributed by atoms with Crippen molar-refractivity contribution in [2.75, 3.05) is 12.3 Å². The van der Waals surface area contributed by atoms with E-state index in [0.29, 0.717) is 23.9 Å². The molecule has 10 heteroatoms. The second kappa shape index (κ2) is 11.0. The zero-order valence-corrected chi connectivity index (χ0v) is 19.1. The van der Waals surface area contributed by atoms with Crippen LogP contribution in [0.2, 0.25) is 0 Å². The monoisotopic (exact) mass is 484 g/mol. The summed E-state index contributed by atoms with van der Waals surface area (Å²) in [6.45, 7) is -0.576. The first-order chi connectivity index (χ1) is 16.5. The number of rotatable bonds is 10. The summed E-state index contributed by atoms with van der Waals surface area (Å²) < 4.78 is 36.1. The average molecular weight is 485 g/mol. The Morgan fingerprint density at radius 2 is 1.88 bits per heavy atom. The maximum Gasteiger partial charge on any atom is 0.387 e. The van der Waals surface area contributed by atoms with Crippen molar-refractivity contribution in [2.24, 2.45) is 0 Å². The Kier molecular flexibility index (Phi) is 7.58. The summed E-state index contributed by atoms with van der Waals surface area (Å²) in [6, 6.07) is 17.9. The van der Waals surface area contributed by atoms with Gasteiger partial charge in [-0.15, -0.1) is 10.2 Å². The lowest BCUT2D eigenvalue weighted by atomic mass is 10.1. The minimum absolute atomic E-state index is 0.103. The largest absolute Gasteiger partial charge is 0.469 e. The van der Waals surface area contributed by atoms with E-state index >= 15 is 0 Å². The van der Waals surface area contributed by atoms with Crippen molar-refractivity contribution in [3.8, 4) is 22.8 Å². The van der Waals surface area contributed by atoms with Gasteiger partial charge in [0.25, 0.3) is 0 Å². The van der Waals surface area contributed by atoms with Crippen LogP contribution < -0.4 is 10.1 Å². The van der Waals surface area contributed by atoms with Crippen molar-refractivity contribution in [1.82, 2.24) is 20.1 Å². The third kappa shape index (κ3) is 5.82. The van der Waals surface area contributed by atoms with Gasteiger partial charge in [0, 0.05) is 12.2 Å².